The van der Waals surface area contributed by atoms with Gasteiger partial charge in [0.25, 0.3) is 0 Å². The summed E-state index contributed by atoms with van der Waals surface area (Å²) in [6.45, 7) is 3.78. The molecule has 0 atom stereocenters. The SMILES string of the molecule is CC(C)(O)CNc1c(Cl)cc(Cl)c2nsnc12. The second-order valence-corrected chi connectivity index (χ2v) is 5.69. The molecule has 0 aliphatic rings. The number of halogens is 2. The summed E-state index contributed by atoms with van der Waals surface area (Å²) >= 11 is 13.2. The van der Waals surface area contributed by atoms with Gasteiger partial charge >= 0.3 is 0 Å². The largest absolute Gasteiger partial charge is 0.389 e. The van der Waals surface area contributed by atoms with E-state index in [2.05, 4.69) is 14.1 Å². The van der Waals surface area contributed by atoms with Gasteiger partial charge in [-0.25, -0.2) is 0 Å². The first-order valence-electron chi connectivity index (χ1n) is 4.95. The van der Waals surface area contributed by atoms with Gasteiger partial charge in [0.15, 0.2) is 0 Å². The Labute approximate surface area is 113 Å². The van der Waals surface area contributed by atoms with Crippen molar-refractivity contribution in [2.24, 2.45) is 0 Å². The van der Waals surface area contributed by atoms with Crippen molar-refractivity contribution in [3.8, 4) is 0 Å². The van der Waals surface area contributed by atoms with Crippen molar-refractivity contribution in [2.75, 3.05) is 11.9 Å². The minimum atomic E-state index is -0.835. The molecule has 92 valence electrons. The van der Waals surface area contributed by atoms with Crippen LogP contribution in [0.1, 0.15) is 13.8 Å². The number of aliphatic hydroxyl groups is 1. The van der Waals surface area contributed by atoms with Crippen LogP contribution in [0.25, 0.3) is 11.0 Å². The van der Waals surface area contributed by atoms with E-state index >= 15 is 0 Å². The van der Waals surface area contributed by atoms with E-state index in [0.29, 0.717) is 33.3 Å². The fraction of sp³-hybridized carbons (Fsp3) is 0.400. The zero-order valence-electron chi connectivity index (χ0n) is 9.29. The monoisotopic (exact) mass is 291 g/mol. The van der Waals surface area contributed by atoms with Gasteiger partial charge in [-0.2, -0.15) is 8.75 Å². The Balaban J connectivity index is 2.42. The number of nitrogens with zero attached hydrogens (tertiary/aromatic N) is 2. The van der Waals surface area contributed by atoms with Crippen LogP contribution in [0.2, 0.25) is 10.0 Å². The third-order valence-electron chi connectivity index (χ3n) is 2.14. The second-order valence-electron chi connectivity index (χ2n) is 4.34. The van der Waals surface area contributed by atoms with E-state index in [1.807, 2.05) is 0 Å². The van der Waals surface area contributed by atoms with Crippen LogP contribution in [0.15, 0.2) is 6.07 Å². The topological polar surface area (TPSA) is 58.0 Å². The molecule has 0 aliphatic heterocycles. The van der Waals surface area contributed by atoms with Gasteiger partial charge in [0, 0.05) is 6.54 Å². The zero-order valence-corrected chi connectivity index (χ0v) is 11.6. The van der Waals surface area contributed by atoms with E-state index in [9.17, 15) is 5.11 Å². The fourth-order valence-electron chi connectivity index (χ4n) is 1.35. The highest BCUT2D eigenvalue weighted by molar-refractivity contribution is 7.00. The van der Waals surface area contributed by atoms with E-state index in [4.69, 9.17) is 23.2 Å². The summed E-state index contributed by atoms with van der Waals surface area (Å²) in [5, 5.41) is 13.7. The third kappa shape index (κ3) is 2.80. The molecule has 7 heteroatoms. The van der Waals surface area contributed by atoms with Crippen molar-refractivity contribution in [2.45, 2.75) is 19.4 Å². The molecule has 2 rings (SSSR count). The van der Waals surface area contributed by atoms with Crippen molar-refractivity contribution < 1.29 is 5.11 Å². The van der Waals surface area contributed by atoms with Gasteiger partial charge in [-0.05, 0) is 19.9 Å². The van der Waals surface area contributed by atoms with Gasteiger partial charge in [0.2, 0.25) is 0 Å². The van der Waals surface area contributed by atoms with Crippen LogP contribution in [0.5, 0.6) is 0 Å². The summed E-state index contributed by atoms with van der Waals surface area (Å²) in [6, 6.07) is 1.62. The quantitative estimate of drug-likeness (QED) is 0.912. The van der Waals surface area contributed by atoms with Crippen molar-refractivity contribution in [3.05, 3.63) is 16.1 Å². The summed E-state index contributed by atoms with van der Waals surface area (Å²) in [5.41, 5.74) is 1.08. The number of rotatable bonds is 3. The number of nitrogens with one attached hydrogen (secondary N) is 1. The highest BCUT2D eigenvalue weighted by Crippen LogP contribution is 2.35. The Bertz CT molecular complexity index is 550. The first kappa shape index (κ1) is 12.8. The molecule has 2 N–H and O–H groups in total. The summed E-state index contributed by atoms with van der Waals surface area (Å²) in [6.07, 6.45) is 0. The molecule has 4 nitrogen and oxygen atoms in total. The summed E-state index contributed by atoms with van der Waals surface area (Å²) in [4.78, 5) is 0. The third-order valence-corrected chi connectivity index (χ3v) is 3.26. The van der Waals surface area contributed by atoms with Crippen LogP contribution in [0.3, 0.4) is 0 Å². The molecule has 0 spiro atoms. The molecule has 0 amide bonds. The first-order chi connectivity index (χ1) is 7.88. The number of hydrogen-bond acceptors (Lipinski definition) is 5. The minimum Gasteiger partial charge on any atom is -0.389 e. The van der Waals surface area contributed by atoms with Gasteiger partial charge in [-0.1, -0.05) is 23.2 Å². The molecule has 0 fully saturated rings. The van der Waals surface area contributed by atoms with Gasteiger partial charge in [0.1, 0.15) is 11.0 Å². The maximum Gasteiger partial charge on any atom is 0.130 e. The molecule has 2 aromatic rings. The lowest BCUT2D eigenvalue weighted by Gasteiger charge is -2.19. The van der Waals surface area contributed by atoms with Gasteiger partial charge in [-0.3, -0.25) is 0 Å². The van der Waals surface area contributed by atoms with E-state index in [0.717, 1.165) is 11.7 Å². The molecule has 0 radical (unpaired) electrons. The van der Waals surface area contributed by atoms with Gasteiger partial charge in [-0.15, -0.1) is 0 Å². The molecule has 0 saturated heterocycles. The molecule has 1 aromatic carbocycles. The molecular weight excluding hydrogens is 281 g/mol. The Hall–Kier alpha value is -0.620. The van der Waals surface area contributed by atoms with E-state index in [1.165, 1.54) is 0 Å². The number of anilines is 1. The van der Waals surface area contributed by atoms with Gasteiger partial charge < -0.3 is 10.4 Å². The molecule has 1 aromatic heterocycles. The Morgan fingerprint density at radius 1 is 1.29 bits per heavy atom. The van der Waals surface area contributed by atoms with Crippen LogP contribution in [-0.4, -0.2) is 26.0 Å². The first-order valence-corrected chi connectivity index (χ1v) is 6.43. The molecule has 0 unspecified atom stereocenters. The maximum absolute atomic E-state index is 9.68. The lowest BCUT2D eigenvalue weighted by molar-refractivity contribution is 0.0945. The Morgan fingerprint density at radius 3 is 2.59 bits per heavy atom. The van der Waals surface area contributed by atoms with Crippen LogP contribution in [0.4, 0.5) is 5.69 Å². The highest BCUT2D eigenvalue weighted by Gasteiger charge is 2.17. The van der Waals surface area contributed by atoms with Gasteiger partial charge in [0.05, 0.1) is 33.1 Å². The molecule has 1 heterocycles. The van der Waals surface area contributed by atoms with E-state index < -0.39 is 5.60 Å². The number of fused-ring (bicyclic) bond motifs is 1. The lowest BCUT2D eigenvalue weighted by atomic mass is 10.1. The van der Waals surface area contributed by atoms with E-state index in [-0.39, 0.29) is 0 Å². The molecule has 0 aliphatic carbocycles. The number of aromatic nitrogens is 2. The molecule has 0 saturated carbocycles. The number of benzene rings is 1. The van der Waals surface area contributed by atoms with Crippen molar-refractivity contribution in [1.82, 2.24) is 8.75 Å². The zero-order chi connectivity index (χ0) is 12.6. The molecular formula is C10H11Cl2N3OS. The predicted octanol–water partition coefficient (Wildman–Crippen LogP) is 3.18. The summed E-state index contributed by atoms with van der Waals surface area (Å²) in [5.74, 6) is 0. The fourth-order valence-corrected chi connectivity index (χ4v) is 2.53. The minimum absolute atomic E-state index is 0.362. The van der Waals surface area contributed by atoms with Crippen molar-refractivity contribution >= 4 is 51.7 Å². The van der Waals surface area contributed by atoms with E-state index in [1.54, 1.807) is 19.9 Å². The summed E-state index contributed by atoms with van der Waals surface area (Å²) in [7, 11) is 0. The average Bonchev–Trinajstić information content (AvgIpc) is 2.64. The summed E-state index contributed by atoms with van der Waals surface area (Å²) < 4.78 is 8.26. The highest BCUT2D eigenvalue weighted by atomic mass is 35.5. The van der Waals surface area contributed by atoms with Crippen LogP contribution >= 0.6 is 34.9 Å². The lowest BCUT2D eigenvalue weighted by Crippen LogP contribution is -2.29. The average molecular weight is 292 g/mol. The normalized spacial score (nSPS) is 12.1. The molecule has 0 bridgehead atoms. The van der Waals surface area contributed by atoms with Crippen molar-refractivity contribution in [3.63, 3.8) is 0 Å². The van der Waals surface area contributed by atoms with Crippen LogP contribution < -0.4 is 5.32 Å². The van der Waals surface area contributed by atoms with Crippen LogP contribution in [-0.2, 0) is 0 Å². The van der Waals surface area contributed by atoms with Crippen molar-refractivity contribution in [1.29, 1.82) is 0 Å². The molecule has 17 heavy (non-hydrogen) atoms. The Kier molecular flexibility index (Phi) is 3.45. The maximum atomic E-state index is 9.68. The standard InChI is InChI=1S/C10H11Cl2N3OS/c1-10(2,16)4-13-7-5(11)3-6(12)8-9(7)15-17-14-8/h3,13,16H,4H2,1-2H3. The smallest absolute Gasteiger partial charge is 0.130 e. The van der Waals surface area contributed by atoms with Crippen LogP contribution in [0, 0.1) is 0 Å². The number of hydrogen-bond donors (Lipinski definition) is 2. The second kappa shape index (κ2) is 4.57. The predicted molar refractivity (Wildman–Crippen MR) is 72.2 cm³/mol. The Morgan fingerprint density at radius 2 is 1.94 bits per heavy atom.